The Morgan fingerprint density at radius 1 is 0.385 bits per heavy atom. The van der Waals surface area contributed by atoms with Crippen molar-refractivity contribution in [2.24, 2.45) is 0 Å². The lowest BCUT2D eigenvalue weighted by Crippen LogP contribution is -2.10. The number of aromatic nitrogens is 1. The van der Waals surface area contributed by atoms with E-state index in [9.17, 15) is 0 Å². The maximum Gasteiger partial charge on any atom is 0.227 e. The first kappa shape index (κ1) is 29.9. The van der Waals surface area contributed by atoms with Gasteiger partial charge in [0.2, 0.25) is 5.89 Å². The van der Waals surface area contributed by atoms with Crippen molar-refractivity contribution in [2.45, 2.75) is 0 Å². The van der Waals surface area contributed by atoms with Crippen LogP contribution in [0.25, 0.3) is 77.1 Å². The molecule has 9 aromatic carbocycles. The third kappa shape index (κ3) is 5.10. The summed E-state index contributed by atoms with van der Waals surface area (Å²) in [6.45, 7) is 0. The molecule has 0 amide bonds. The molecule has 0 saturated heterocycles. The molecule has 0 aliphatic rings. The Kier molecular flexibility index (Phi) is 7.14. The predicted molar refractivity (Wildman–Crippen MR) is 218 cm³/mol. The van der Waals surface area contributed by atoms with Gasteiger partial charge in [-0.05, 0) is 86.9 Å². The molecule has 3 heteroatoms. The first-order valence-corrected chi connectivity index (χ1v) is 17.6. The van der Waals surface area contributed by atoms with Crippen LogP contribution in [0.3, 0.4) is 0 Å². The molecule has 0 unspecified atom stereocenters. The van der Waals surface area contributed by atoms with Crippen LogP contribution in [0.2, 0.25) is 0 Å². The van der Waals surface area contributed by atoms with Crippen LogP contribution in [0.1, 0.15) is 0 Å². The molecule has 10 aromatic rings. The number of nitrogens with zero attached hydrogens (tertiary/aromatic N) is 2. The van der Waals surface area contributed by atoms with E-state index in [1.807, 2.05) is 30.3 Å². The molecule has 0 fully saturated rings. The van der Waals surface area contributed by atoms with Crippen LogP contribution in [0.4, 0.5) is 17.1 Å². The van der Waals surface area contributed by atoms with Crippen molar-refractivity contribution in [3.63, 3.8) is 0 Å². The van der Waals surface area contributed by atoms with E-state index in [0.717, 1.165) is 66.0 Å². The van der Waals surface area contributed by atoms with E-state index in [0.29, 0.717) is 5.89 Å². The molecule has 1 aromatic heterocycles. The first-order chi connectivity index (χ1) is 25.8. The van der Waals surface area contributed by atoms with Crippen LogP contribution >= 0.6 is 0 Å². The predicted octanol–water partition coefficient (Wildman–Crippen LogP) is 13.8. The van der Waals surface area contributed by atoms with Crippen molar-refractivity contribution in [3.8, 4) is 33.7 Å². The molecular formula is C49H32N2O. The average Bonchev–Trinajstić information content (AvgIpc) is 3.67. The number of anilines is 3. The zero-order valence-corrected chi connectivity index (χ0v) is 28.3. The third-order valence-corrected chi connectivity index (χ3v) is 10.1. The highest BCUT2D eigenvalue weighted by Crippen LogP contribution is 2.44. The number of benzene rings is 9. The van der Waals surface area contributed by atoms with Crippen LogP contribution in [-0.2, 0) is 0 Å². The van der Waals surface area contributed by atoms with Gasteiger partial charge in [0.15, 0.2) is 5.58 Å². The van der Waals surface area contributed by atoms with E-state index in [-0.39, 0.29) is 0 Å². The quantitative estimate of drug-likeness (QED) is 0.166. The highest BCUT2D eigenvalue weighted by Gasteiger charge is 2.20. The highest BCUT2D eigenvalue weighted by molar-refractivity contribution is 6.27. The van der Waals surface area contributed by atoms with E-state index < -0.39 is 0 Å². The third-order valence-electron chi connectivity index (χ3n) is 10.1. The van der Waals surface area contributed by atoms with Gasteiger partial charge in [-0.25, -0.2) is 4.98 Å². The summed E-state index contributed by atoms with van der Waals surface area (Å²) < 4.78 is 6.62. The molecule has 3 nitrogen and oxygen atoms in total. The molecule has 52 heavy (non-hydrogen) atoms. The average molecular weight is 665 g/mol. The Labute approximate surface area is 301 Å². The summed E-state index contributed by atoms with van der Waals surface area (Å²) in [5.74, 6) is 0.629. The fourth-order valence-electron chi connectivity index (χ4n) is 7.57. The van der Waals surface area contributed by atoms with E-state index in [1.165, 1.54) is 22.3 Å². The van der Waals surface area contributed by atoms with Gasteiger partial charge in [-0.15, -0.1) is 0 Å². The van der Waals surface area contributed by atoms with Crippen molar-refractivity contribution in [1.29, 1.82) is 0 Å². The monoisotopic (exact) mass is 664 g/mol. The van der Waals surface area contributed by atoms with Crippen LogP contribution in [0.5, 0.6) is 0 Å². The van der Waals surface area contributed by atoms with Crippen LogP contribution < -0.4 is 4.90 Å². The lowest BCUT2D eigenvalue weighted by Gasteiger charge is -2.28. The van der Waals surface area contributed by atoms with Crippen LogP contribution in [0.15, 0.2) is 199 Å². The molecule has 244 valence electrons. The van der Waals surface area contributed by atoms with E-state index in [2.05, 4.69) is 169 Å². The van der Waals surface area contributed by atoms with Gasteiger partial charge in [0.05, 0.1) is 5.69 Å². The van der Waals surface area contributed by atoms with E-state index >= 15 is 0 Å². The number of hydrogen-bond donors (Lipinski definition) is 0. The Bertz CT molecular complexity index is 2880. The smallest absolute Gasteiger partial charge is 0.227 e. The summed E-state index contributed by atoms with van der Waals surface area (Å²) >= 11 is 0. The minimum atomic E-state index is 0.629. The highest BCUT2D eigenvalue weighted by atomic mass is 16.3. The van der Waals surface area contributed by atoms with Crippen LogP contribution in [0, 0.1) is 0 Å². The molecule has 1 heterocycles. The minimum Gasteiger partial charge on any atom is -0.435 e. The summed E-state index contributed by atoms with van der Waals surface area (Å²) in [4.78, 5) is 7.32. The molecule has 0 N–H and O–H groups in total. The van der Waals surface area contributed by atoms with Crippen molar-refractivity contribution >= 4 is 60.5 Å². The number of oxazole rings is 1. The number of fused-ring (bicyclic) bond motifs is 7. The van der Waals surface area contributed by atoms with Gasteiger partial charge < -0.3 is 9.32 Å². The molecular weight excluding hydrogens is 633 g/mol. The standard InChI is InChI=1S/C49H32N2O/c1-4-12-33(13-5-1)35-24-28-40(29-25-35)51(41-19-10-18-39(32-41)34-14-6-2-7-15-34)45-21-11-20-43-42(45)30-26-36-22-23-37-27-31-44-48(47(37)46(36)43)52-49(50-44)38-16-8-3-9-17-38/h1-32H. The van der Waals surface area contributed by atoms with Gasteiger partial charge in [0, 0.05) is 33.1 Å². The zero-order valence-electron chi connectivity index (χ0n) is 28.3. The molecule has 0 radical (unpaired) electrons. The number of hydrogen-bond acceptors (Lipinski definition) is 3. The maximum atomic E-state index is 6.62. The summed E-state index contributed by atoms with van der Waals surface area (Å²) in [6, 6.07) is 68.8. The Hall–Kier alpha value is -6.97. The Morgan fingerprint density at radius 3 is 1.69 bits per heavy atom. The molecule has 0 aliphatic heterocycles. The fourth-order valence-corrected chi connectivity index (χ4v) is 7.57. The Morgan fingerprint density at radius 2 is 0.962 bits per heavy atom. The van der Waals surface area contributed by atoms with Gasteiger partial charge in [-0.1, -0.05) is 146 Å². The Balaban J connectivity index is 1.21. The summed E-state index contributed by atoms with van der Waals surface area (Å²) in [5.41, 5.74) is 10.6. The molecule has 10 rings (SSSR count). The molecule has 0 bridgehead atoms. The second-order valence-electron chi connectivity index (χ2n) is 13.2. The van der Waals surface area contributed by atoms with Gasteiger partial charge in [0.1, 0.15) is 5.52 Å². The summed E-state index contributed by atoms with van der Waals surface area (Å²) in [6.07, 6.45) is 0. The van der Waals surface area contributed by atoms with Gasteiger partial charge >= 0.3 is 0 Å². The number of rotatable bonds is 6. The lowest BCUT2D eigenvalue weighted by atomic mass is 9.94. The van der Waals surface area contributed by atoms with Crippen molar-refractivity contribution < 1.29 is 4.42 Å². The molecule has 0 aliphatic carbocycles. The fraction of sp³-hybridized carbons (Fsp3) is 0. The second kappa shape index (κ2) is 12.4. The minimum absolute atomic E-state index is 0.629. The van der Waals surface area contributed by atoms with E-state index in [4.69, 9.17) is 9.40 Å². The van der Waals surface area contributed by atoms with Gasteiger partial charge in [-0.3, -0.25) is 0 Å². The molecule has 0 spiro atoms. The molecule has 0 atom stereocenters. The van der Waals surface area contributed by atoms with Crippen LogP contribution in [-0.4, -0.2) is 4.98 Å². The molecule has 0 saturated carbocycles. The van der Waals surface area contributed by atoms with Gasteiger partial charge in [0.25, 0.3) is 0 Å². The van der Waals surface area contributed by atoms with Gasteiger partial charge in [-0.2, -0.15) is 0 Å². The second-order valence-corrected chi connectivity index (χ2v) is 13.2. The first-order valence-electron chi connectivity index (χ1n) is 17.6. The van der Waals surface area contributed by atoms with Crippen molar-refractivity contribution in [1.82, 2.24) is 4.98 Å². The largest absolute Gasteiger partial charge is 0.435 e. The normalized spacial score (nSPS) is 11.5. The maximum absolute atomic E-state index is 6.62. The topological polar surface area (TPSA) is 29.3 Å². The van der Waals surface area contributed by atoms with Crippen molar-refractivity contribution in [3.05, 3.63) is 194 Å². The summed E-state index contributed by atoms with van der Waals surface area (Å²) in [7, 11) is 0. The van der Waals surface area contributed by atoms with E-state index in [1.54, 1.807) is 0 Å². The lowest BCUT2D eigenvalue weighted by molar-refractivity contribution is 0.623. The van der Waals surface area contributed by atoms with Crippen molar-refractivity contribution in [2.75, 3.05) is 4.90 Å². The zero-order chi connectivity index (χ0) is 34.4. The summed E-state index contributed by atoms with van der Waals surface area (Å²) in [5, 5.41) is 6.84. The SMILES string of the molecule is c1ccc(-c2ccc(N(c3cccc(-c4ccccc4)c3)c3cccc4c3ccc3ccc5ccc6nc(-c7ccccc7)oc6c5c34)cc2)cc1.